The van der Waals surface area contributed by atoms with Crippen LogP contribution in [0.15, 0.2) is 30.6 Å². The number of nitrogens with one attached hydrogen (secondary N) is 1. The largest absolute Gasteiger partial charge is 0.385 e. The molecule has 0 atom stereocenters. The molecule has 0 saturated carbocycles. The lowest BCUT2D eigenvalue weighted by molar-refractivity contribution is 0.666. The monoisotopic (exact) mass is 216 g/mol. The van der Waals surface area contributed by atoms with Gasteiger partial charge in [0.15, 0.2) is 0 Å². The third-order valence-corrected chi connectivity index (χ3v) is 2.30. The van der Waals surface area contributed by atoms with Crippen molar-refractivity contribution in [2.24, 2.45) is 0 Å². The Balaban J connectivity index is 2.12. The van der Waals surface area contributed by atoms with E-state index in [9.17, 15) is 0 Å². The minimum atomic E-state index is 0.715. The van der Waals surface area contributed by atoms with E-state index >= 15 is 0 Å². The Morgan fingerprint density at radius 1 is 1.38 bits per heavy atom. The summed E-state index contributed by atoms with van der Waals surface area (Å²) in [4.78, 5) is 4.33. The average molecular weight is 216 g/mol. The van der Waals surface area contributed by atoms with E-state index in [0.29, 0.717) is 6.54 Å². The highest BCUT2D eigenvalue weighted by atomic mass is 15.3. The molecule has 16 heavy (non-hydrogen) atoms. The van der Waals surface area contributed by atoms with Crippen molar-refractivity contribution in [1.82, 2.24) is 14.8 Å². The number of nitrogens with zero attached hydrogens (tertiary/aromatic N) is 3. The van der Waals surface area contributed by atoms with Crippen LogP contribution in [0.4, 0.5) is 5.69 Å². The van der Waals surface area contributed by atoms with Crippen LogP contribution in [0, 0.1) is 6.92 Å². The number of aryl methyl sites for hydroxylation is 1. The first-order valence-corrected chi connectivity index (χ1v) is 5.47. The predicted molar refractivity (Wildman–Crippen MR) is 64.5 cm³/mol. The molecule has 0 spiro atoms. The van der Waals surface area contributed by atoms with Gasteiger partial charge in [-0.3, -0.25) is 9.67 Å². The molecule has 0 aromatic carbocycles. The smallest absolute Gasteiger partial charge is 0.0832 e. The average Bonchev–Trinajstić information content (AvgIpc) is 2.65. The highest BCUT2D eigenvalue weighted by molar-refractivity contribution is 5.42. The van der Waals surface area contributed by atoms with Gasteiger partial charge in [0.1, 0.15) is 0 Å². The molecule has 2 rings (SSSR count). The molecule has 0 saturated heterocycles. The molecule has 0 radical (unpaired) electrons. The summed E-state index contributed by atoms with van der Waals surface area (Å²) in [5.74, 6) is 0. The molecular formula is C12H16N4. The molecule has 0 amide bonds. The Bertz CT molecular complexity index is 462. The highest BCUT2D eigenvalue weighted by Crippen LogP contribution is 2.08. The van der Waals surface area contributed by atoms with Crippen LogP contribution in [0.3, 0.4) is 0 Å². The molecule has 1 N–H and O–H groups in total. The van der Waals surface area contributed by atoms with Crippen molar-refractivity contribution in [3.8, 4) is 0 Å². The van der Waals surface area contributed by atoms with Crippen molar-refractivity contribution in [3.05, 3.63) is 42.0 Å². The van der Waals surface area contributed by atoms with Crippen LogP contribution in [-0.2, 0) is 6.54 Å². The number of hydrogen-bond donors (Lipinski definition) is 1. The number of pyridine rings is 1. The third-order valence-electron chi connectivity index (χ3n) is 2.30. The first-order valence-electron chi connectivity index (χ1n) is 5.47. The molecule has 0 aliphatic heterocycles. The first kappa shape index (κ1) is 10.7. The van der Waals surface area contributed by atoms with Gasteiger partial charge in [0.2, 0.25) is 0 Å². The number of rotatable bonds is 4. The molecule has 4 heteroatoms. The zero-order chi connectivity index (χ0) is 11.4. The Labute approximate surface area is 95.3 Å². The minimum Gasteiger partial charge on any atom is -0.385 e. The summed E-state index contributed by atoms with van der Waals surface area (Å²) in [5, 5.41) is 7.61. The van der Waals surface area contributed by atoms with E-state index in [-0.39, 0.29) is 0 Å². The van der Waals surface area contributed by atoms with Gasteiger partial charge in [0, 0.05) is 24.6 Å². The van der Waals surface area contributed by atoms with Gasteiger partial charge < -0.3 is 5.32 Å². The van der Waals surface area contributed by atoms with E-state index < -0.39 is 0 Å². The zero-order valence-electron chi connectivity index (χ0n) is 9.64. The lowest BCUT2D eigenvalue weighted by atomic mass is 10.3. The standard InChI is InChI=1S/C12H16N4/c1-3-13-11-4-6-14-12(8-11)9-16-7-5-10(2)15-16/h4-8H,3,9H2,1-2H3,(H,13,14). The maximum atomic E-state index is 4.34. The molecule has 84 valence electrons. The maximum Gasteiger partial charge on any atom is 0.0832 e. The molecule has 0 aliphatic carbocycles. The van der Waals surface area contributed by atoms with E-state index in [1.165, 1.54) is 0 Å². The molecule has 0 bridgehead atoms. The van der Waals surface area contributed by atoms with Crippen LogP contribution in [0.25, 0.3) is 0 Å². The van der Waals surface area contributed by atoms with Crippen molar-refractivity contribution < 1.29 is 0 Å². The number of hydrogen-bond acceptors (Lipinski definition) is 3. The number of anilines is 1. The zero-order valence-corrected chi connectivity index (χ0v) is 9.64. The quantitative estimate of drug-likeness (QED) is 0.850. The van der Waals surface area contributed by atoms with Gasteiger partial charge in [0.25, 0.3) is 0 Å². The molecule has 0 fully saturated rings. The summed E-state index contributed by atoms with van der Waals surface area (Å²) in [7, 11) is 0. The van der Waals surface area contributed by atoms with E-state index in [2.05, 4.69) is 28.4 Å². The van der Waals surface area contributed by atoms with Gasteiger partial charge in [-0.1, -0.05) is 0 Å². The van der Waals surface area contributed by atoms with Crippen LogP contribution in [-0.4, -0.2) is 21.3 Å². The Kier molecular flexibility index (Phi) is 3.19. The Morgan fingerprint density at radius 2 is 2.25 bits per heavy atom. The topological polar surface area (TPSA) is 42.7 Å². The maximum absolute atomic E-state index is 4.34. The summed E-state index contributed by atoms with van der Waals surface area (Å²) in [6, 6.07) is 6.02. The molecule has 4 nitrogen and oxygen atoms in total. The number of aromatic nitrogens is 3. The van der Waals surface area contributed by atoms with Crippen molar-refractivity contribution >= 4 is 5.69 Å². The van der Waals surface area contributed by atoms with Crippen LogP contribution < -0.4 is 5.32 Å². The molecule has 2 aromatic heterocycles. The highest BCUT2D eigenvalue weighted by Gasteiger charge is 1.99. The van der Waals surface area contributed by atoms with Crippen LogP contribution in [0.5, 0.6) is 0 Å². The van der Waals surface area contributed by atoms with Gasteiger partial charge in [-0.25, -0.2) is 0 Å². The van der Waals surface area contributed by atoms with Crippen molar-refractivity contribution in [3.63, 3.8) is 0 Å². The normalized spacial score (nSPS) is 10.4. The Morgan fingerprint density at radius 3 is 2.94 bits per heavy atom. The van der Waals surface area contributed by atoms with E-state index in [4.69, 9.17) is 0 Å². The van der Waals surface area contributed by atoms with Gasteiger partial charge >= 0.3 is 0 Å². The lowest BCUT2D eigenvalue weighted by Gasteiger charge is -2.05. The summed E-state index contributed by atoms with van der Waals surface area (Å²) < 4.78 is 1.90. The Hall–Kier alpha value is -1.84. The van der Waals surface area contributed by atoms with Crippen molar-refractivity contribution in [1.29, 1.82) is 0 Å². The second kappa shape index (κ2) is 4.79. The van der Waals surface area contributed by atoms with Crippen LogP contribution in [0.2, 0.25) is 0 Å². The molecule has 0 unspecified atom stereocenters. The van der Waals surface area contributed by atoms with Gasteiger partial charge in [-0.05, 0) is 32.0 Å². The fourth-order valence-electron chi connectivity index (χ4n) is 1.60. The lowest BCUT2D eigenvalue weighted by Crippen LogP contribution is -2.04. The molecule has 2 aromatic rings. The van der Waals surface area contributed by atoms with E-state index in [0.717, 1.165) is 23.6 Å². The molecule has 0 aliphatic rings. The summed E-state index contributed by atoms with van der Waals surface area (Å²) >= 11 is 0. The van der Waals surface area contributed by atoms with Crippen molar-refractivity contribution in [2.75, 3.05) is 11.9 Å². The fraction of sp³-hybridized carbons (Fsp3) is 0.333. The predicted octanol–water partition coefficient (Wildman–Crippen LogP) is 2.07. The SMILES string of the molecule is CCNc1ccnc(Cn2ccc(C)n2)c1. The molecule has 2 heterocycles. The fourth-order valence-corrected chi connectivity index (χ4v) is 1.60. The third kappa shape index (κ3) is 2.59. The first-order chi connectivity index (χ1) is 7.78. The summed E-state index contributed by atoms with van der Waals surface area (Å²) in [5.41, 5.74) is 3.15. The second-order valence-corrected chi connectivity index (χ2v) is 3.72. The minimum absolute atomic E-state index is 0.715. The van der Waals surface area contributed by atoms with Gasteiger partial charge in [-0.2, -0.15) is 5.10 Å². The molecular weight excluding hydrogens is 200 g/mol. The van der Waals surface area contributed by atoms with E-state index in [1.807, 2.05) is 36.1 Å². The van der Waals surface area contributed by atoms with Crippen LogP contribution in [0.1, 0.15) is 18.3 Å². The van der Waals surface area contributed by atoms with Crippen LogP contribution >= 0.6 is 0 Å². The van der Waals surface area contributed by atoms with Gasteiger partial charge in [0.05, 0.1) is 17.9 Å². The second-order valence-electron chi connectivity index (χ2n) is 3.72. The van der Waals surface area contributed by atoms with Gasteiger partial charge in [-0.15, -0.1) is 0 Å². The van der Waals surface area contributed by atoms with E-state index in [1.54, 1.807) is 0 Å². The van der Waals surface area contributed by atoms with Crippen molar-refractivity contribution in [2.45, 2.75) is 20.4 Å². The summed E-state index contributed by atoms with van der Waals surface area (Å²) in [6.07, 6.45) is 3.79. The summed E-state index contributed by atoms with van der Waals surface area (Å²) in [6.45, 7) is 5.70.